The second-order valence-electron chi connectivity index (χ2n) is 4.97. The Kier molecular flexibility index (Phi) is 8.36. The highest BCUT2D eigenvalue weighted by molar-refractivity contribution is 6.31. The Hall–Kier alpha value is -2.53. The summed E-state index contributed by atoms with van der Waals surface area (Å²) in [6.45, 7) is 2.54. The lowest BCUT2D eigenvalue weighted by Gasteiger charge is -2.19. The Labute approximate surface area is 146 Å². The van der Waals surface area contributed by atoms with Gasteiger partial charge in [0.15, 0.2) is 0 Å². The third kappa shape index (κ3) is 5.59. The second-order valence-corrected chi connectivity index (χ2v) is 5.38. The first kappa shape index (κ1) is 19.5. The van der Waals surface area contributed by atoms with Gasteiger partial charge in [-0.1, -0.05) is 41.9 Å². The van der Waals surface area contributed by atoms with Crippen molar-refractivity contribution < 1.29 is 14.7 Å². The monoisotopic (exact) mass is 348 g/mol. The lowest BCUT2D eigenvalue weighted by atomic mass is 10.1. The highest BCUT2D eigenvalue weighted by Gasteiger charge is 2.13. The highest BCUT2D eigenvalue weighted by atomic mass is 35.5. The van der Waals surface area contributed by atoms with Crippen molar-refractivity contribution in [2.24, 2.45) is 0 Å². The Morgan fingerprint density at radius 3 is 2.46 bits per heavy atom. The summed E-state index contributed by atoms with van der Waals surface area (Å²) >= 11 is 6.09. The van der Waals surface area contributed by atoms with E-state index in [4.69, 9.17) is 16.4 Å². The standard InChI is InChI=1S/C17H19ClN2O2.CH2O/c1-20(15-10-4-5-11-16(15)21)17(22)19-12-6-8-13-7-2-3-9-14(13)18;1-2/h2-5,7,9-11,21H,6,8,12H2,1H3,(H,19,22);1H2. The van der Waals surface area contributed by atoms with E-state index in [1.165, 1.54) is 4.90 Å². The van der Waals surface area contributed by atoms with Gasteiger partial charge in [-0.2, -0.15) is 0 Å². The largest absolute Gasteiger partial charge is 0.506 e. The molecular formula is C18H21ClN2O3. The average Bonchev–Trinajstić information content (AvgIpc) is 2.61. The summed E-state index contributed by atoms with van der Waals surface area (Å²) in [5.41, 5.74) is 1.55. The molecule has 6 heteroatoms. The van der Waals surface area contributed by atoms with Crippen molar-refractivity contribution in [3.8, 4) is 5.75 Å². The van der Waals surface area contributed by atoms with Crippen LogP contribution in [-0.4, -0.2) is 31.5 Å². The number of phenols is 1. The molecule has 0 saturated carbocycles. The van der Waals surface area contributed by atoms with Crippen LogP contribution in [0.2, 0.25) is 5.02 Å². The maximum Gasteiger partial charge on any atom is 0.321 e. The van der Waals surface area contributed by atoms with Gasteiger partial charge in [0.05, 0.1) is 5.69 Å². The number of rotatable bonds is 5. The van der Waals surface area contributed by atoms with Gasteiger partial charge >= 0.3 is 6.03 Å². The molecule has 0 bridgehead atoms. The Morgan fingerprint density at radius 1 is 1.17 bits per heavy atom. The fraction of sp³-hybridized carbons (Fsp3) is 0.222. The minimum absolute atomic E-state index is 0.0798. The second kappa shape index (κ2) is 10.3. The first-order valence-electron chi connectivity index (χ1n) is 7.41. The van der Waals surface area contributed by atoms with Crippen molar-refractivity contribution >= 4 is 30.1 Å². The summed E-state index contributed by atoms with van der Waals surface area (Å²) in [4.78, 5) is 21.4. The molecule has 0 saturated heterocycles. The number of carbonyl (C=O) groups is 2. The number of urea groups is 1. The molecule has 2 rings (SSSR count). The summed E-state index contributed by atoms with van der Waals surface area (Å²) < 4.78 is 0. The molecule has 2 N–H and O–H groups in total. The number of nitrogens with zero attached hydrogens (tertiary/aromatic N) is 1. The van der Waals surface area contributed by atoms with E-state index in [2.05, 4.69) is 5.32 Å². The van der Waals surface area contributed by atoms with E-state index in [0.717, 1.165) is 23.4 Å². The molecule has 0 fully saturated rings. The smallest absolute Gasteiger partial charge is 0.321 e. The number of halogens is 1. The number of carbonyl (C=O) groups excluding carboxylic acids is 2. The van der Waals surface area contributed by atoms with Crippen LogP contribution in [0.4, 0.5) is 10.5 Å². The number of aryl methyl sites for hydroxylation is 1. The van der Waals surface area contributed by atoms with Crippen LogP contribution >= 0.6 is 11.6 Å². The predicted molar refractivity (Wildman–Crippen MR) is 96.8 cm³/mol. The quantitative estimate of drug-likeness (QED) is 0.810. The number of nitrogens with one attached hydrogen (secondary N) is 1. The minimum atomic E-state index is -0.249. The van der Waals surface area contributed by atoms with Gasteiger partial charge in [-0.25, -0.2) is 4.79 Å². The van der Waals surface area contributed by atoms with Crippen LogP contribution in [-0.2, 0) is 11.2 Å². The fourth-order valence-electron chi connectivity index (χ4n) is 2.15. The molecule has 0 heterocycles. The first-order valence-corrected chi connectivity index (χ1v) is 7.79. The Balaban J connectivity index is 0.00000139. The number of aromatic hydroxyl groups is 1. The Bertz CT molecular complexity index is 664. The van der Waals surface area contributed by atoms with E-state index in [9.17, 15) is 9.90 Å². The van der Waals surface area contributed by atoms with Gasteiger partial charge in [0.1, 0.15) is 12.5 Å². The van der Waals surface area contributed by atoms with Crippen LogP contribution in [0.5, 0.6) is 5.75 Å². The lowest BCUT2D eigenvalue weighted by molar-refractivity contribution is -0.0979. The molecule has 2 amide bonds. The maximum atomic E-state index is 12.1. The third-order valence-electron chi connectivity index (χ3n) is 3.40. The van der Waals surface area contributed by atoms with E-state index in [0.29, 0.717) is 12.2 Å². The Morgan fingerprint density at radius 2 is 1.79 bits per heavy atom. The number of benzene rings is 2. The molecule has 2 aromatic rings. The number of hydrogen-bond donors (Lipinski definition) is 2. The van der Waals surface area contributed by atoms with Crippen molar-refractivity contribution in [1.29, 1.82) is 0 Å². The molecule has 0 radical (unpaired) electrons. The van der Waals surface area contributed by atoms with Gasteiger partial charge in [0.25, 0.3) is 0 Å². The van der Waals surface area contributed by atoms with E-state index < -0.39 is 0 Å². The number of hydrogen-bond acceptors (Lipinski definition) is 3. The minimum Gasteiger partial charge on any atom is -0.506 e. The summed E-state index contributed by atoms with van der Waals surface area (Å²) in [5.74, 6) is 0.0798. The van der Waals surface area contributed by atoms with Gasteiger partial charge in [-0.15, -0.1) is 0 Å². The van der Waals surface area contributed by atoms with Crippen LogP contribution in [0.15, 0.2) is 48.5 Å². The first-order chi connectivity index (χ1) is 11.6. The van der Waals surface area contributed by atoms with Crippen LogP contribution in [0.25, 0.3) is 0 Å². The molecule has 128 valence electrons. The summed E-state index contributed by atoms with van der Waals surface area (Å²) in [7, 11) is 1.62. The summed E-state index contributed by atoms with van der Waals surface area (Å²) in [6.07, 6.45) is 1.60. The van der Waals surface area contributed by atoms with E-state index in [1.54, 1.807) is 31.3 Å². The van der Waals surface area contributed by atoms with E-state index in [1.807, 2.05) is 31.1 Å². The topological polar surface area (TPSA) is 69.6 Å². The zero-order chi connectivity index (χ0) is 17.9. The molecule has 0 aromatic heterocycles. The van der Waals surface area contributed by atoms with Crippen LogP contribution in [0.3, 0.4) is 0 Å². The van der Waals surface area contributed by atoms with Gasteiger partial charge in [0, 0.05) is 18.6 Å². The molecule has 24 heavy (non-hydrogen) atoms. The highest BCUT2D eigenvalue weighted by Crippen LogP contribution is 2.25. The number of para-hydroxylation sites is 2. The number of amides is 2. The molecular weight excluding hydrogens is 328 g/mol. The van der Waals surface area contributed by atoms with Gasteiger partial charge in [0.2, 0.25) is 0 Å². The predicted octanol–water partition coefficient (Wildman–Crippen LogP) is 3.64. The molecule has 0 aliphatic heterocycles. The van der Waals surface area contributed by atoms with Gasteiger partial charge in [-0.05, 0) is 36.6 Å². The van der Waals surface area contributed by atoms with Crippen LogP contribution < -0.4 is 10.2 Å². The SMILES string of the molecule is C=O.CN(C(=O)NCCCc1ccccc1Cl)c1ccccc1O. The van der Waals surface area contributed by atoms with E-state index >= 15 is 0 Å². The van der Waals surface area contributed by atoms with Crippen LogP contribution in [0.1, 0.15) is 12.0 Å². The summed E-state index contributed by atoms with van der Waals surface area (Å²) in [5, 5.41) is 13.3. The normalized spacial score (nSPS) is 9.58. The maximum absolute atomic E-state index is 12.1. The third-order valence-corrected chi connectivity index (χ3v) is 3.77. The van der Waals surface area contributed by atoms with Gasteiger partial charge < -0.3 is 15.2 Å². The van der Waals surface area contributed by atoms with Crippen molar-refractivity contribution in [3.63, 3.8) is 0 Å². The molecule has 0 unspecified atom stereocenters. The molecule has 0 aliphatic carbocycles. The molecule has 0 atom stereocenters. The zero-order valence-electron chi connectivity index (χ0n) is 13.5. The fourth-order valence-corrected chi connectivity index (χ4v) is 2.38. The van der Waals surface area contributed by atoms with Crippen molar-refractivity contribution in [3.05, 3.63) is 59.1 Å². The molecule has 0 spiro atoms. The van der Waals surface area contributed by atoms with E-state index in [-0.39, 0.29) is 11.8 Å². The molecule has 0 aliphatic rings. The molecule has 2 aromatic carbocycles. The van der Waals surface area contributed by atoms with Crippen LogP contribution in [0, 0.1) is 0 Å². The number of phenolic OH excluding ortho intramolecular Hbond substituents is 1. The van der Waals surface area contributed by atoms with Gasteiger partial charge in [-0.3, -0.25) is 4.90 Å². The zero-order valence-corrected chi connectivity index (χ0v) is 14.3. The van der Waals surface area contributed by atoms with Crippen molar-refractivity contribution in [2.75, 3.05) is 18.5 Å². The average molecular weight is 349 g/mol. The molecule has 5 nitrogen and oxygen atoms in total. The van der Waals surface area contributed by atoms with Crippen molar-refractivity contribution in [1.82, 2.24) is 5.32 Å². The lowest BCUT2D eigenvalue weighted by Crippen LogP contribution is -2.37. The number of anilines is 1. The van der Waals surface area contributed by atoms with Crippen molar-refractivity contribution in [2.45, 2.75) is 12.8 Å². The summed E-state index contributed by atoms with van der Waals surface area (Å²) in [6, 6.07) is 14.2.